The summed E-state index contributed by atoms with van der Waals surface area (Å²) in [5, 5.41) is 4.81. The number of nitrogens with zero attached hydrogens (tertiary/aromatic N) is 1. The van der Waals surface area contributed by atoms with Gasteiger partial charge in [-0.2, -0.15) is 0 Å². The lowest BCUT2D eigenvalue weighted by Gasteiger charge is -2.30. The lowest BCUT2D eigenvalue weighted by Crippen LogP contribution is -2.48. The van der Waals surface area contributed by atoms with E-state index in [9.17, 15) is 14.4 Å². The highest BCUT2D eigenvalue weighted by atomic mass is 32.1. The van der Waals surface area contributed by atoms with Crippen LogP contribution < -0.4 is 5.32 Å². The van der Waals surface area contributed by atoms with Crippen LogP contribution in [0, 0.1) is 0 Å². The lowest BCUT2D eigenvalue weighted by molar-refractivity contribution is -0.132. The van der Waals surface area contributed by atoms with Crippen LogP contribution in [0.4, 0.5) is 0 Å². The molecule has 26 heavy (non-hydrogen) atoms. The van der Waals surface area contributed by atoms with E-state index in [0.29, 0.717) is 29.8 Å². The molecule has 1 unspecified atom stereocenters. The van der Waals surface area contributed by atoms with Crippen LogP contribution in [-0.2, 0) is 9.53 Å². The zero-order valence-electron chi connectivity index (χ0n) is 14.7. The number of carbonyl (C=O) groups is 3. The van der Waals surface area contributed by atoms with Crippen molar-refractivity contribution in [1.29, 1.82) is 0 Å². The van der Waals surface area contributed by atoms with Gasteiger partial charge in [0, 0.05) is 37.2 Å². The van der Waals surface area contributed by atoms with E-state index >= 15 is 0 Å². The van der Waals surface area contributed by atoms with Gasteiger partial charge < -0.3 is 15.0 Å². The molecule has 1 aromatic carbocycles. The Kier molecular flexibility index (Phi) is 5.37. The third-order valence-corrected chi connectivity index (χ3v) is 5.35. The van der Waals surface area contributed by atoms with Crippen LogP contribution in [0.1, 0.15) is 32.9 Å². The number of methoxy groups -OCH3 is 1. The molecule has 1 saturated heterocycles. The maximum atomic E-state index is 12.4. The molecule has 1 fully saturated rings. The molecule has 6 nitrogen and oxygen atoms in total. The monoisotopic (exact) mass is 372 g/mol. The van der Waals surface area contributed by atoms with E-state index in [1.54, 1.807) is 24.1 Å². The quantitative estimate of drug-likeness (QED) is 0.837. The Hall–Kier alpha value is -2.67. The number of thiophene rings is 1. The second-order valence-electron chi connectivity index (χ2n) is 6.22. The molecule has 0 saturated carbocycles. The molecule has 2 amide bonds. The minimum Gasteiger partial charge on any atom is -0.465 e. The topological polar surface area (TPSA) is 75.7 Å². The van der Waals surface area contributed by atoms with E-state index in [2.05, 4.69) is 5.32 Å². The summed E-state index contributed by atoms with van der Waals surface area (Å²) < 4.78 is 4.80. The van der Waals surface area contributed by atoms with Crippen molar-refractivity contribution in [2.45, 2.75) is 18.9 Å². The van der Waals surface area contributed by atoms with Crippen molar-refractivity contribution >= 4 is 29.1 Å². The second-order valence-corrected chi connectivity index (χ2v) is 7.13. The molecule has 1 aliphatic rings. The average molecular weight is 372 g/mol. The number of piperidine rings is 1. The summed E-state index contributed by atoms with van der Waals surface area (Å²) in [7, 11) is 3.10. The van der Waals surface area contributed by atoms with Gasteiger partial charge in [-0.05, 0) is 35.6 Å². The van der Waals surface area contributed by atoms with Gasteiger partial charge in [-0.3, -0.25) is 9.59 Å². The second kappa shape index (κ2) is 7.70. The van der Waals surface area contributed by atoms with Crippen LogP contribution in [0.15, 0.2) is 35.7 Å². The minimum absolute atomic E-state index is 0.0346. The fourth-order valence-electron chi connectivity index (χ4n) is 2.99. The highest BCUT2D eigenvalue weighted by Crippen LogP contribution is 2.29. The van der Waals surface area contributed by atoms with E-state index in [-0.39, 0.29) is 23.8 Å². The van der Waals surface area contributed by atoms with Gasteiger partial charge in [-0.25, -0.2) is 4.79 Å². The van der Waals surface area contributed by atoms with Gasteiger partial charge in [0.05, 0.1) is 7.11 Å². The first kappa shape index (κ1) is 18.1. The summed E-state index contributed by atoms with van der Waals surface area (Å²) in [6.45, 7) is 0.528. The van der Waals surface area contributed by atoms with Crippen LogP contribution >= 0.6 is 11.3 Å². The van der Waals surface area contributed by atoms with Crippen LogP contribution in [-0.4, -0.2) is 49.4 Å². The molecule has 1 aliphatic heterocycles. The molecular weight excluding hydrogens is 352 g/mol. The fraction of sp³-hybridized carbons (Fsp3) is 0.316. The molecule has 136 valence electrons. The van der Waals surface area contributed by atoms with E-state index in [0.717, 1.165) is 11.1 Å². The number of amides is 2. The minimum atomic E-state index is -0.368. The number of esters is 1. The molecule has 2 heterocycles. The first-order valence-electron chi connectivity index (χ1n) is 8.30. The zero-order valence-corrected chi connectivity index (χ0v) is 15.5. The Balaban J connectivity index is 1.70. The summed E-state index contributed by atoms with van der Waals surface area (Å²) in [5.41, 5.74) is 2.19. The normalized spacial score (nSPS) is 17.1. The van der Waals surface area contributed by atoms with Gasteiger partial charge in [0.25, 0.3) is 5.91 Å². The Morgan fingerprint density at radius 1 is 1.23 bits per heavy atom. The molecule has 2 aromatic rings. The van der Waals surface area contributed by atoms with Crippen molar-refractivity contribution in [2.75, 3.05) is 20.7 Å². The van der Waals surface area contributed by atoms with Crippen LogP contribution in [0.2, 0.25) is 0 Å². The molecular formula is C19H20N2O4S. The first-order valence-corrected chi connectivity index (χ1v) is 9.18. The fourth-order valence-corrected chi connectivity index (χ4v) is 3.82. The highest BCUT2D eigenvalue weighted by Gasteiger charge is 2.24. The number of rotatable bonds is 4. The molecule has 0 aliphatic carbocycles. The predicted molar refractivity (Wildman–Crippen MR) is 99.2 cm³/mol. The number of hydrogen-bond acceptors (Lipinski definition) is 5. The molecule has 1 N–H and O–H groups in total. The standard InChI is InChI=1S/C19H20N2O4S/c1-21-11-14(7-8-16(21)22)20-18(23)13-5-3-12(4-6-13)15-9-10-26-17(15)19(24)25-2/h3-6,9-10,14H,7-8,11H2,1-2H3,(H,20,23). The number of likely N-dealkylation sites (tertiary alicyclic amines) is 1. The van der Waals surface area contributed by atoms with Gasteiger partial charge in [-0.15, -0.1) is 11.3 Å². The zero-order chi connectivity index (χ0) is 18.7. The van der Waals surface area contributed by atoms with E-state index in [4.69, 9.17) is 4.74 Å². The van der Waals surface area contributed by atoms with Crippen molar-refractivity contribution in [2.24, 2.45) is 0 Å². The van der Waals surface area contributed by atoms with Crippen molar-refractivity contribution < 1.29 is 19.1 Å². The van der Waals surface area contributed by atoms with Gasteiger partial charge >= 0.3 is 5.97 Å². The average Bonchev–Trinajstić information content (AvgIpc) is 3.14. The van der Waals surface area contributed by atoms with Crippen LogP contribution in [0.3, 0.4) is 0 Å². The first-order chi connectivity index (χ1) is 12.5. The van der Waals surface area contributed by atoms with Crippen LogP contribution in [0.5, 0.6) is 0 Å². The Morgan fingerprint density at radius 3 is 2.62 bits per heavy atom. The van der Waals surface area contributed by atoms with Crippen molar-refractivity contribution in [3.63, 3.8) is 0 Å². The number of nitrogens with one attached hydrogen (secondary N) is 1. The molecule has 3 rings (SSSR count). The van der Waals surface area contributed by atoms with Crippen molar-refractivity contribution in [1.82, 2.24) is 10.2 Å². The largest absolute Gasteiger partial charge is 0.465 e. The molecule has 0 spiro atoms. The van der Waals surface area contributed by atoms with Gasteiger partial charge in [0.1, 0.15) is 4.88 Å². The van der Waals surface area contributed by atoms with Crippen molar-refractivity contribution in [3.05, 3.63) is 46.2 Å². The summed E-state index contributed by atoms with van der Waals surface area (Å²) >= 11 is 1.33. The predicted octanol–water partition coefficient (Wildman–Crippen LogP) is 2.55. The van der Waals surface area contributed by atoms with Crippen molar-refractivity contribution in [3.8, 4) is 11.1 Å². The number of carbonyl (C=O) groups excluding carboxylic acids is 3. The SMILES string of the molecule is COC(=O)c1sccc1-c1ccc(C(=O)NC2CCC(=O)N(C)C2)cc1. The number of ether oxygens (including phenoxy) is 1. The number of hydrogen-bond donors (Lipinski definition) is 1. The molecule has 1 atom stereocenters. The maximum Gasteiger partial charge on any atom is 0.348 e. The van der Waals surface area contributed by atoms with Gasteiger partial charge in [0.2, 0.25) is 5.91 Å². The Bertz CT molecular complexity index is 828. The van der Waals surface area contributed by atoms with E-state index in [1.807, 2.05) is 23.6 Å². The number of benzene rings is 1. The molecule has 0 radical (unpaired) electrons. The molecule has 7 heteroatoms. The summed E-state index contributed by atoms with van der Waals surface area (Å²) in [6.07, 6.45) is 1.11. The highest BCUT2D eigenvalue weighted by molar-refractivity contribution is 7.12. The summed E-state index contributed by atoms with van der Waals surface area (Å²) in [5.74, 6) is -0.424. The smallest absolute Gasteiger partial charge is 0.348 e. The van der Waals surface area contributed by atoms with E-state index < -0.39 is 0 Å². The third-order valence-electron chi connectivity index (χ3n) is 4.46. The van der Waals surface area contributed by atoms with Gasteiger partial charge in [-0.1, -0.05) is 12.1 Å². The molecule has 0 bridgehead atoms. The van der Waals surface area contributed by atoms with Crippen LogP contribution in [0.25, 0.3) is 11.1 Å². The van der Waals surface area contributed by atoms with E-state index in [1.165, 1.54) is 18.4 Å². The van der Waals surface area contributed by atoms with Gasteiger partial charge in [0.15, 0.2) is 0 Å². The third kappa shape index (κ3) is 3.77. The molecule has 1 aromatic heterocycles. The Labute approximate surface area is 155 Å². The Morgan fingerprint density at radius 2 is 1.96 bits per heavy atom. The maximum absolute atomic E-state index is 12.4. The summed E-state index contributed by atoms with van der Waals surface area (Å²) in [6, 6.07) is 8.94. The summed E-state index contributed by atoms with van der Waals surface area (Å²) in [4.78, 5) is 38.0. The lowest BCUT2D eigenvalue weighted by atomic mass is 10.0. The number of likely N-dealkylation sites (N-methyl/N-ethyl adjacent to an activating group) is 1.